The van der Waals surface area contributed by atoms with Crippen LogP contribution in [-0.2, 0) is 14.3 Å². The third-order valence-electron chi connectivity index (χ3n) is 2.58. The molecule has 0 heterocycles. The molecule has 0 saturated heterocycles. The van der Waals surface area contributed by atoms with Gasteiger partial charge >= 0.3 is 11.9 Å². The zero-order valence-corrected chi connectivity index (χ0v) is 11.4. The van der Waals surface area contributed by atoms with Gasteiger partial charge in [-0.05, 0) is 37.1 Å². The maximum Gasteiger partial charge on any atom is 0.337 e. The molecule has 0 fully saturated rings. The smallest absolute Gasteiger partial charge is 0.337 e. The summed E-state index contributed by atoms with van der Waals surface area (Å²) in [6, 6.07) is 5.28. The maximum absolute atomic E-state index is 11.4. The Balaban J connectivity index is 2.72. The fourth-order valence-corrected chi connectivity index (χ4v) is 1.61. The molecule has 0 aliphatic carbocycles. The van der Waals surface area contributed by atoms with Gasteiger partial charge in [-0.15, -0.1) is 0 Å². The quantitative estimate of drug-likeness (QED) is 0.766. The van der Waals surface area contributed by atoms with Crippen LogP contribution in [0.1, 0.15) is 34.8 Å². The van der Waals surface area contributed by atoms with Gasteiger partial charge in [-0.2, -0.15) is 0 Å². The summed E-state index contributed by atoms with van der Waals surface area (Å²) in [7, 11) is 1.35. The Hall–Kier alpha value is -2.10. The molecule has 0 unspecified atom stereocenters. The molecule has 19 heavy (non-hydrogen) atoms. The van der Waals surface area contributed by atoms with Crippen molar-refractivity contribution in [3.8, 4) is 0 Å². The Morgan fingerprint density at radius 2 is 2.05 bits per heavy atom. The van der Waals surface area contributed by atoms with Gasteiger partial charge in [0.15, 0.2) is 0 Å². The largest absolute Gasteiger partial charge is 0.466 e. The van der Waals surface area contributed by atoms with Crippen LogP contribution in [0.2, 0.25) is 0 Å². The number of carbonyl (C=O) groups excluding carboxylic acids is 2. The first-order valence-electron chi connectivity index (χ1n) is 6.09. The first-order chi connectivity index (χ1) is 9.08. The van der Waals surface area contributed by atoms with Crippen molar-refractivity contribution in [3.63, 3.8) is 0 Å². The minimum atomic E-state index is -0.356. The van der Waals surface area contributed by atoms with Gasteiger partial charge in [0.05, 0.1) is 25.7 Å². The minimum absolute atomic E-state index is 0.242. The molecule has 0 aliphatic rings. The predicted octanol–water partition coefficient (Wildman–Crippen LogP) is 2.75. The number of benzene rings is 1. The molecule has 0 aromatic heterocycles. The van der Waals surface area contributed by atoms with Gasteiger partial charge in [-0.25, -0.2) is 4.79 Å². The summed E-state index contributed by atoms with van der Waals surface area (Å²) in [6.07, 6.45) is 3.83. The topological polar surface area (TPSA) is 52.6 Å². The first kappa shape index (κ1) is 15.0. The predicted molar refractivity (Wildman–Crippen MR) is 72.8 cm³/mol. The van der Waals surface area contributed by atoms with Crippen LogP contribution in [0.4, 0.5) is 0 Å². The van der Waals surface area contributed by atoms with Crippen LogP contribution >= 0.6 is 0 Å². The van der Waals surface area contributed by atoms with Crippen molar-refractivity contribution in [2.24, 2.45) is 0 Å². The molecular weight excluding hydrogens is 244 g/mol. The molecule has 0 bridgehead atoms. The van der Waals surface area contributed by atoms with Crippen LogP contribution in [0.25, 0.3) is 6.08 Å². The number of aryl methyl sites for hydroxylation is 1. The lowest BCUT2D eigenvalue weighted by Gasteiger charge is -2.04. The molecule has 0 N–H and O–H groups in total. The highest BCUT2D eigenvalue weighted by Crippen LogP contribution is 2.14. The van der Waals surface area contributed by atoms with E-state index in [0.717, 1.165) is 11.1 Å². The number of carbonyl (C=O) groups is 2. The van der Waals surface area contributed by atoms with Gasteiger partial charge in [0.1, 0.15) is 0 Å². The van der Waals surface area contributed by atoms with Crippen molar-refractivity contribution in [1.82, 2.24) is 0 Å². The molecule has 1 aromatic carbocycles. The molecule has 0 amide bonds. The first-order valence-corrected chi connectivity index (χ1v) is 6.09. The molecule has 0 aliphatic heterocycles. The highest BCUT2D eigenvalue weighted by molar-refractivity contribution is 5.90. The normalized spacial score (nSPS) is 10.5. The molecule has 0 spiro atoms. The van der Waals surface area contributed by atoms with Gasteiger partial charge < -0.3 is 9.47 Å². The average molecular weight is 262 g/mol. The highest BCUT2D eigenvalue weighted by Gasteiger charge is 2.06. The second kappa shape index (κ2) is 7.36. The third-order valence-corrected chi connectivity index (χ3v) is 2.58. The Morgan fingerprint density at radius 1 is 1.32 bits per heavy atom. The summed E-state index contributed by atoms with van der Waals surface area (Å²) in [4.78, 5) is 22.5. The van der Waals surface area contributed by atoms with E-state index in [1.807, 2.05) is 19.1 Å². The summed E-state index contributed by atoms with van der Waals surface area (Å²) in [6.45, 7) is 4.06. The van der Waals surface area contributed by atoms with Crippen molar-refractivity contribution >= 4 is 18.0 Å². The third kappa shape index (κ3) is 4.58. The molecule has 0 radical (unpaired) electrons. The molecule has 1 aromatic rings. The van der Waals surface area contributed by atoms with Crippen molar-refractivity contribution in [2.75, 3.05) is 13.7 Å². The standard InChI is InChI=1S/C15H18O4/c1-4-19-14(16)7-5-6-12-8-9-13(10-11(12)2)15(17)18-3/h5-6,8-10H,4,7H2,1-3H3. The van der Waals surface area contributed by atoms with Crippen LogP contribution in [0.5, 0.6) is 0 Å². The van der Waals surface area contributed by atoms with E-state index >= 15 is 0 Å². The number of hydrogen-bond donors (Lipinski definition) is 0. The fraction of sp³-hybridized carbons (Fsp3) is 0.333. The van der Waals surface area contributed by atoms with E-state index < -0.39 is 0 Å². The van der Waals surface area contributed by atoms with Gasteiger partial charge in [-0.1, -0.05) is 18.2 Å². The lowest BCUT2D eigenvalue weighted by Crippen LogP contribution is -2.02. The Bertz CT molecular complexity index is 489. The zero-order chi connectivity index (χ0) is 14.3. The van der Waals surface area contributed by atoms with E-state index in [4.69, 9.17) is 4.74 Å². The van der Waals surface area contributed by atoms with Crippen LogP contribution < -0.4 is 0 Å². The molecule has 4 nitrogen and oxygen atoms in total. The Labute approximate surface area is 113 Å². The van der Waals surface area contributed by atoms with E-state index in [1.165, 1.54) is 7.11 Å². The van der Waals surface area contributed by atoms with Gasteiger partial charge in [-0.3, -0.25) is 4.79 Å². The van der Waals surface area contributed by atoms with E-state index in [9.17, 15) is 9.59 Å². The molecule has 102 valence electrons. The Kier molecular flexibility index (Phi) is 5.79. The van der Waals surface area contributed by atoms with Crippen molar-refractivity contribution in [1.29, 1.82) is 0 Å². The summed E-state index contributed by atoms with van der Waals surface area (Å²) in [5.41, 5.74) is 2.42. The minimum Gasteiger partial charge on any atom is -0.466 e. The van der Waals surface area contributed by atoms with Crippen LogP contribution in [-0.4, -0.2) is 25.7 Å². The zero-order valence-electron chi connectivity index (χ0n) is 11.4. The van der Waals surface area contributed by atoms with Crippen LogP contribution in [0.15, 0.2) is 24.3 Å². The second-order valence-corrected chi connectivity index (χ2v) is 3.97. The lowest BCUT2D eigenvalue weighted by molar-refractivity contribution is -0.142. The van der Waals surface area contributed by atoms with Crippen LogP contribution in [0, 0.1) is 6.92 Å². The number of esters is 2. The monoisotopic (exact) mass is 262 g/mol. The summed E-state index contributed by atoms with van der Waals surface area (Å²) >= 11 is 0. The molecular formula is C15H18O4. The van der Waals surface area contributed by atoms with Gasteiger partial charge in [0, 0.05) is 0 Å². The van der Waals surface area contributed by atoms with E-state index in [-0.39, 0.29) is 18.4 Å². The van der Waals surface area contributed by atoms with E-state index in [1.54, 1.807) is 25.1 Å². The summed E-state index contributed by atoms with van der Waals surface area (Å²) in [5, 5.41) is 0. The number of ether oxygens (including phenoxy) is 2. The highest BCUT2D eigenvalue weighted by atomic mass is 16.5. The number of hydrogen-bond acceptors (Lipinski definition) is 4. The summed E-state index contributed by atoms with van der Waals surface area (Å²) < 4.78 is 9.48. The van der Waals surface area contributed by atoms with Crippen molar-refractivity contribution in [3.05, 3.63) is 41.0 Å². The lowest BCUT2D eigenvalue weighted by atomic mass is 10.0. The maximum atomic E-state index is 11.4. The molecule has 1 rings (SSSR count). The van der Waals surface area contributed by atoms with Crippen molar-refractivity contribution in [2.45, 2.75) is 20.3 Å². The molecule has 4 heteroatoms. The summed E-state index contributed by atoms with van der Waals surface area (Å²) in [5.74, 6) is -0.604. The molecule has 0 atom stereocenters. The van der Waals surface area contributed by atoms with Crippen LogP contribution in [0.3, 0.4) is 0 Å². The van der Waals surface area contributed by atoms with E-state index in [2.05, 4.69) is 4.74 Å². The van der Waals surface area contributed by atoms with Crippen molar-refractivity contribution < 1.29 is 19.1 Å². The van der Waals surface area contributed by atoms with Gasteiger partial charge in [0.2, 0.25) is 0 Å². The van der Waals surface area contributed by atoms with E-state index in [0.29, 0.717) is 12.2 Å². The number of rotatable bonds is 5. The fourth-order valence-electron chi connectivity index (χ4n) is 1.61. The Morgan fingerprint density at radius 3 is 2.63 bits per heavy atom. The number of methoxy groups -OCH3 is 1. The molecule has 0 saturated carbocycles. The SMILES string of the molecule is CCOC(=O)CC=Cc1ccc(C(=O)OC)cc1C. The second-order valence-electron chi connectivity index (χ2n) is 3.97. The average Bonchev–Trinajstić information content (AvgIpc) is 2.40. The van der Waals surface area contributed by atoms with Gasteiger partial charge in [0.25, 0.3) is 0 Å².